The molecule has 0 aromatic carbocycles. The van der Waals surface area contributed by atoms with Crippen molar-refractivity contribution in [3.8, 4) is 0 Å². The van der Waals surface area contributed by atoms with Gasteiger partial charge in [-0.2, -0.15) is 0 Å². The summed E-state index contributed by atoms with van der Waals surface area (Å²) in [6.07, 6.45) is 4.62. The van der Waals surface area contributed by atoms with Crippen molar-refractivity contribution in [2.24, 2.45) is 11.8 Å². The molecule has 70 valence electrons. The second-order valence-corrected chi connectivity index (χ2v) is 3.69. The predicted octanol–water partition coefficient (Wildman–Crippen LogP) is 4.18. The first-order valence-electron chi connectivity index (χ1n) is 5.05. The third-order valence-corrected chi connectivity index (χ3v) is 2.59. The fourth-order valence-electron chi connectivity index (χ4n) is 0.840. The fourth-order valence-corrected chi connectivity index (χ4v) is 0.840. The lowest BCUT2D eigenvalue weighted by Gasteiger charge is -2.05. The standard InChI is InChI=1S/C12H22/c1-6-10(3)8-9-12(5)11(4)7-2/h8,10-11H,6-7H2,1-5H3. The maximum absolute atomic E-state index is 3.38. The van der Waals surface area contributed by atoms with Gasteiger partial charge >= 0.3 is 0 Å². The molecule has 0 aromatic heterocycles. The van der Waals surface area contributed by atoms with Crippen molar-refractivity contribution in [3.63, 3.8) is 0 Å². The summed E-state index contributed by atoms with van der Waals surface area (Å²) in [7, 11) is 0. The molecule has 0 nitrogen and oxygen atoms in total. The smallest absolute Gasteiger partial charge is 0.0161 e. The van der Waals surface area contributed by atoms with Crippen LogP contribution in [0.25, 0.3) is 0 Å². The van der Waals surface area contributed by atoms with Crippen molar-refractivity contribution in [1.29, 1.82) is 0 Å². The number of rotatable bonds is 4. The first-order valence-corrected chi connectivity index (χ1v) is 5.05. The van der Waals surface area contributed by atoms with E-state index >= 15 is 0 Å². The van der Waals surface area contributed by atoms with E-state index in [1.54, 1.807) is 0 Å². The zero-order chi connectivity index (χ0) is 9.56. The second-order valence-electron chi connectivity index (χ2n) is 3.69. The minimum atomic E-state index is 0.670. The van der Waals surface area contributed by atoms with Crippen LogP contribution in [0.2, 0.25) is 0 Å². The van der Waals surface area contributed by atoms with Gasteiger partial charge in [0.15, 0.2) is 0 Å². The summed E-state index contributed by atoms with van der Waals surface area (Å²) in [4.78, 5) is 0. The van der Waals surface area contributed by atoms with Gasteiger partial charge in [-0.1, -0.05) is 27.7 Å². The summed E-state index contributed by atoms with van der Waals surface area (Å²) in [6.45, 7) is 11.1. The molecule has 0 bridgehead atoms. The van der Waals surface area contributed by atoms with Crippen molar-refractivity contribution in [1.82, 2.24) is 0 Å². The van der Waals surface area contributed by atoms with E-state index in [0.29, 0.717) is 11.8 Å². The molecule has 0 fully saturated rings. The minimum Gasteiger partial charge on any atom is -0.126 e. The van der Waals surface area contributed by atoms with Crippen LogP contribution in [0.1, 0.15) is 47.5 Å². The van der Waals surface area contributed by atoms with Gasteiger partial charge in [-0.05, 0) is 43.3 Å². The van der Waals surface area contributed by atoms with Gasteiger partial charge in [0.25, 0.3) is 0 Å². The van der Waals surface area contributed by atoms with Crippen molar-refractivity contribution in [2.45, 2.75) is 47.5 Å². The van der Waals surface area contributed by atoms with Crippen LogP contribution in [0, 0.1) is 11.8 Å². The zero-order valence-electron chi connectivity index (χ0n) is 9.15. The Kier molecular flexibility index (Phi) is 5.84. The van der Waals surface area contributed by atoms with Gasteiger partial charge in [0.1, 0.15) is 0 Å². The molecular formula is C12H22. The van der Waals surface area contributed by atoms with Crippen LogP contribution in [0.4, 0.5) is 0 Å². The Morgan fingerprint density at radius 3 is 2.25 bits per heavy atom. The summed E-state index contributed by atoms with van der Waals surface area (Å²) >= 11 is 0. The predicted molar refractivity (Wildman–Crippen MR) is 56.2 cm³/mol. The Hall–Kier alpha value is -0.480. The highest BCUT2D eigenvalue weighted by Crippen LogP contribution is 2.12. The third-order valence-electron chi connectivity index (χ3n) is 2.59. The average Bonchev–Trinajstić information content (AvgIpc) is 2.11. The van der Waals surface area contributed by atoms with E-state index in [4.69, 9.17) is 0 Å². The van der Waals surface area contributed by atoms with E-state index in [0.717, 1.165) is 0 Å². The lowest BCUT2D eigenvalue weighted by molar-refractivity contribution is 0.653. The molecule has 0 saturated carbocycles. The van der Waals surface area contributed by atoms with Crippen LogP contribution >= 0.6 is 0 Å². The third kappa shape index (κ3) is 4.41. The molecule has 0 N–H and O–H groups in total. The van der Waals surface area contributed by atoms with E-state index in [1.165, 1.54) is 18.4 Å². The Balaban J connectivity index is 4.22. The second kappa shape index (κ2) is 6.08. The van der Waals surface area contributed by atoms with Crippen molar-refractivity contribution < 1.29 is 0 Å². The number of hydrogen-bond donors (Lipinski definition) is 0. The van der Waals surface area contributed by atoms with E-state index in [-0.39, 0.29) is 0 Å². The quantitative estimate of drug-likeness (QED) is 0.550. The Morgan fingerprint density at radius 1 is 1.25 bits per heavy atom. The summed E-state index contributed by atoms with van der Waals surface area (Å²) in [5, 5.41) is 0. The van der Waals surface area contributed by atoms with Crippen molar-refractivity contribution in [3.05, 3.63) is 17.4 Å². The monoisotopic (exact) mass is 166 g/mol. The zero-order valence-corrected chi connectivity index (χ0v) is 9.15. The minimum absolute atomic E-state index is 0.670. The first-order chi connectivity index (χ1) is 5.61. The first kappa shape index (κ1) is 11.5. The maximum atomic E-state index is 3.38. The van der Waals surface area contributed by atoms with E-state index in [9.17, 15) is 0 Å². The average molecular weight is 166 g/mol. The SMILES string of the molecule is CCC(C)C=C=C(C)C(C)CC. The maximum Gasteiger partial charge on any atom is -0.0161 e. The molecule has 0 rings (SSSR count). The van der Waals surface area contributed by atoms with Crippen LogP contribution in [0.3, 0.4) is 0 Å². The molecule has 0 aliphatic heterocycles. The summed E-state index contributed by atoms with van der Waals surface area (Å²) in [5.74, 6) is 1.36. The van der Waals surface area contributed by atoms with E-state index < -0.39 is 0 Å². The highest BCUT2D eigenvalue weighted by molar-refractivity contribution is 5.02. The molecule has 0 heterocycles. The lowest BCUT2D eigenvalue weighted by atomic mass is 10.00. The topological polar surface area (TPSA) is 0 Å². The molecule has 2 atom stereocenters. The summed E-state index contributed by atoms with van der Waals surface area (Å²) < 4.78 is 0. The van der Waals surface area contributed by atoms with Gasteiger partial charge in [-0.25, -0.2) is 0 Å². The van der Waals surface area contributed by atoms with Crippen LogP contribution in [-0.4, -0.2) is 0 Å². The highest BCUT2D eigenvalue weighted by Gasteiger charge is 1.98. The van der Waals surface area contributed by atoms with Crippen molar-refractivity contribution in [2.75, 3.05) is 0 Å². The normalized spacial score (nSPS) is 14.8. The molecule has 0 spiro atoms. The molecule has 2 unspecified atom stereocenters. The Bertz CT molecular complexity index is 170. The van der Waals surface area contributed by atoms with Gasteiger partial charge in [-0.15, -0.1) is 5.73 Å². The Morgan fingerprint density at radius 2 is 1.83 bits per heavy atom. The molecule has 0 aliphatic rings. The molecule has 0 amide bonds. The number of allylic oxidation sites excluding steroid dienone is 1. The largest absolute Gasteiger partial charge is 0.126 e. The van der Waals surface area contributed by atoms with Crippen LogP contribution < -0.4 is 0 Å². The van der Waals surface area contributed by atoms with E-state index in [1.807, 2.05) is 0 Å². The molecule has 0 saturated heterocycles. The lowest BCUT2D eigenvalue weighted by Crippen LogP contribution is -1.92. The Labute approximate surface area is 77.4 Å². The van der Waals surface area contributed by atoms with Crippen LogP contribution in [0.5, 0.6) is 0 Å². The van der Waals surface area contributed by atoms with Crippen LogP contribution in [-0.2, 0) is 0 Å². The van der Waals surface area contributed by atoms with Gasteiger partial charge in [0.2, 0.25) is 0 Å². The summed E-state index contributed by atoms with van der Waals surface area (Å²) in [6, 6.07) is 0. The molecular weight excluding hydrogens is 144 g/mol. The van der Waals surface area contributed by atoms with Gasteiger partial charge in [0, 0.05) is 0 Å². The summed E-state index contributed by atoms with van der Waals surface area (Å²) in [5.41, 5.74) is 4.76. The van der Waals surface area contributed by atoms with Crippen LogP contribution in [0.15, 0.2) is 17.4 Å². The number of hydrogen-bond acceptors (Lipinski definition) is 0. The fraction of sp³-hybridized carbons (Fsp3) is 0.750. The molecule has 0 heteroatoms. The molecule has 0 aliphatic carbocycles. The van der Waals surface area contributed by atoms with Crippen molar-refractivity contribution >= 4 is 0 Å². The van der Waals surface area contributed by atoms with Gasteiger partial charge in [0.05, 0.1) is 0 Å². The van der Waals surface area contributed by atoms with E-state index in [2.05, 4.69) is 46.4 Å². The van der Waals surface area contributed by atoms with Gasteiger partial charge in [-0.3, -0.25) is 0 Å². The molecule has 12 heavy (non-hydrogen) atoms. The van der Waals surface area contributed by atoms with Gasteiger partial charge < -0.3 is 0 Å². The molecule has 0 aromatic rings. The highest BCUT2D eigenvalue weighted by atomic mass is 14.0. The molecule has 0 radical (unpaired) electrons.